The zero-order valence-electron chi connectivity index (χ0n) is 9.05. The molecule has 0 atom stereocenters. The Bertz CT molecular complexity index is 284. The highest BCUT2D eigenvalue weighted by Crippen LogP contribution is 2.19. The Hall–Kier alpha value is -0.920. The number of nitrogens with zero attached hydrogens (tertiary/aromatic N) is 2. The first-order valence-corrected chi connectivity index (χ1v) is 4.67. The third-order valence-corrected chi connectivity index (χ3v) is 1.88. The monoisotopic (exact) mass is 177 g/mol. The van der Waals surface area contributed by atoms with Crippen molar-refractivity contribution in [3.63, 3.8) is 0 Å². The van der Waals surface area contributed by atoms with E-state index in [4.69, 9.17) is 0 Å². The van der Waals surface area contributed by atoms with Crippen LogP contribution < -0.4 is 0 Å². The van der Waals surface area contributed by atoms with E-state index in [-0.39, 0.29) is 5.41 Å². The van der Waals surface area contributed by atoms with Crippen molar-refractivity contribution in [2.24, 2.45) is 0 Å². The van der Waals surface area contributed by atoms with Crippen molar-refractivity contribution >= 4 is 0 Å². The zero-order chi connectivity index (χ0) is 10.1. The summed E-state index contributed by atoms with van der Waals surface area (Å²) in [5, 5.41) is 0. The molecule has 0 fully saturated rings. The summed E-state index contributed by atoms with van der Waals surface area (Å²) in [7, 11) is 0. The van der Waals surface area contributed by atoms with Gasteiger partial charge in [-0.2, -0.15) is 0 Å². The average molecular weight is 177 g/mol. The molecular weight excluding hydrogens is 160 g/mol. The molecule has 71 valence electrons. The lowest BCUT2D eigenvalue weighted by atomic mass is 9.95. The lowest BCUT2D eigenvalue weighted by molar-refractivity contribution is 0.538. The van der Waals surface area contributed by atoms with Crippen molar-refractivity contribution in [1.29, 1.82) is 0 Å². The quantitative estimate of drug-likeness (QED) is 0.659. The van der Waals surface area contributed by atoms with Gasteiger partial charge in [-0.1, -0.05) is 34.6 Å². The molecular formula is C11H17N2. The highest BCUT2D eigenvalue weighted by Gasteiger charge is 2.17. The van der Waals surface area contributed by atoms with Gasteiger partial charge in [0.1, 0.15) is 5.82 Å². The predicted molar refractivity (Wildman–Crippen MR) is 53.7 cm³/mol. The topological polar surface area (TPSA) is 25.8 Å². The van der Waals surface area contributed by atoms with Crippen LogP contribution in [0.3, 0.4) is 0 Å². The van der Waals surface area contributed by atoms with Crippen LogP contribution in [0.2, 0.25) is 0 Å². The third kappa shape index (κ3) is 2.51. The standard InChI is InChI=1S/C11H17N2/c1-8(2)9-6-7-12-10(13-9)11(3,4)5/h6,8H,1-5H3. The molecule has 13 heavy (non-hydrogen) atoms. The molecule has 0 bridgehead atoms. The van der Waals surface area contributed by atoms with E-state index in [1.54, 1.807) is 0 Å². The Morgan fingerprint density at radius 3 is 2.38 bits per heavy atom. The fourth-order valence-electron chi connectivity index (χ4n) is 0.970. The summed E-state index contributed by atoms with van der Waals surface area (Å²) in [6, 6.07) is 1.86. The summed E-state index contributed by atoms with van der Waals surface area (Å²) < 4.78 is 0. The Kier molecular flexibility index (Phi) is 2.69. The van der Waals surface area contributed by atoms with Crippen molar-refractivity contribution in [1.82, 2.24) is 9.97 Å². The van der Waals surface area contributed by atoms with Gasteiger partial charge in [0.05, 0.1) is 6.20 Å². The molecule has 1 rings (SSSR count). The van der Waals surface area contributed by atoms with Crippen LogP contribution in [0.4, 0.5) is 0 Å². The normalized spacial score (nSPS) is 12.2. The van der Waals surface area contributed by atoms with E-state index in [0.29, 0.717) is 5.92 Å². The van der Waals surface area contributed by atoms with Gasteiger partial charge in [-0.25, -0.2) is 9.97 Å². The van der Waals surface area contributed by atoms with Crippen LogP contribution in [0.15, 0.2) is 6.07 Å². The summed E-state index contributed by atoms with van der Waals surface area (Å²) in [5.41, 5.74) is 1.08. The maximum Gasteiger partial charge on any atom is 0.134 e. The molecule has 0 saturated carbocycles. The Balaban J connectivity index is 3.06. The summed E-state index contributed by atoms with van der Waals surface area (Å²) in [6.45, 7) is 10.6. The van der Waals surface area contributed by atoms with Gasteiger partial charge < -0.3 is 0 Å². The first kappa shape index (κ1) is 10.2. The maximum absolute atomic E-state index is 4.50. The lowest BCUT2D eigenvalue weighted by Crippen LogP contribution is -2.17. The Morgan fingerprint density at radius 2 is 1.92 bits per heavy atom. The number of aromatic nitrogens is 2. The molecule has 0 aliphatic carbocycles. The molecule has 0 amide bonds. The maximum atomic E-state index is 4.50. The molecule has 1 aromatic heterocycles. The Morgan fingerprint density at radius 1 is 1.31 bits per heavy atom. The van der Waals surface area contributed by atoms with Crippen molar-refractivity contribution in [2.45, 2.75) is 46.0 Å². The van der Waals surface area contributed by atoms with Crippen LogP contribution >= 0.6 is 0 Å². The number of hydrogen-bond acceptors (Lipinski definition) is 2. The van der Waals surface area contributed by atoms with E-state index in [0.717, 1.165) is 11.5 Å². The highest BCUT2D eigenvalue weighted by atomic mass is 14.9. The van der Waals surface area contributed by atoms with Crippen LogP contribution in [0.1, 0.15) is 52.1 Å². The Labute approximate surface area is 80.4 Å². The van der Waals surface area contributed by atoms with Crippen molar-refractivity contribution in [3.8, 4) is 0 Å². The highest BCUT2D eigenvalue weighted by molar-refractivity contribution is 5.10. The van der Waals surface area contributed by atoms with E-state index in [9.17, 15) is 0 Å². The predicted octanol–water partition coefficient (Wildman–Crippen LogP) is 2.70. The fraction of sp³-hybridized carbons (Fsp3) is 0.636. The zero-order valence-corrected chi connectivity index (χ0v) is 9.05. The van der Waals surface area contributed by atoms with Crippen LogP contribution in [0.5, 0.6) is 0 Å². The van der Waals surface area contributed by atoms with Gasteiger partial charge in [0, 0.05) is 11.1 Å². The SMILES string of the molecule is CC(C)c1c[c]nc(C(C)(C)C)n1. The molecule has 1 aromatic rings. The van der Waals surface area contributed by atoms with Crippen LogP contribution in [0, 0.1) is 6.20 Å². The molecule has 0 aromatic carbocycles. The van der Waals surface area contributed by atoms with Gasteiger partial charge in [-0.3, -0.25) is 0 Å². The molecule has 0 saturated heterocycles. The largest absolute Gasteiger partial charge is 0.237 e. The van der Waals surface area contributed by atoms with Gasteiger partial charge in [-0.05, 0) is 12.0 Å². The molecule has 0 spiro atoms. The van der Waals surface area contributed by atoms with Gasteiger partial charge in [0.2, 0.25) is 0 Å². The average Bonchev–Trinajstić information content (AvgIpc) is 2.03. The summed E-state index contributed by atoms with van der Waals surface area (Å²) in [5.74, 6) is 1.32. The summed E-state index contributed by atoms with van der Waals surface area (Å²) >= 11 is 0. The molecule has 0 N–H and O–H groups in total. The molecule has 1 radical (unpaired) electrons. The number of rotatable bonds is 1. The number of hydrogen-bond donors (Lipinski definition) is 0. The van der Waals surface area contributed by atoms with Gasteiger partial charge in [-0.15, -0.1) is 0 Å². The minimum atomic E-state index is 0.0153. The lowest BCUT2D eigenvalue weighted by Gasteiger charge is -2.17. The molecule has 1 heterocycles. The van der Waals surface area contributed by atoms with Crippen molar-refractivity contribution in [2.75, 3.05) is 0 Å². The van der Waals surface area contributed by atoms with E-state index < -0.39 is 0 Å². The molecule has 0 unspecified atom stereocenters. The van der Waals surface area contributed by atoms with E-state index in [1.807, 2.05) is 6.07 Å². The van der Waals surface area contributed by atoms with Gasteiger partial charge >= 0.3 is 0 Å². The molecule has 0 aliphatic heterocycles. The minimum absolute atomic E-state index is 0.0153. The summed E-state index contributed by atoms with van der Waals surface area (Å²) in [6.07, 6.45) is 2.90. The van der Waals surface area contributed by atoms with Crippen LogP contribution in [-0.2, 0) is 5.41 Å². The first-order chi connectivity index (χ1) is 5.91. The third-order valence-electron chi connectivity index (χ3n) is 1.88. The van der Waals surface area contributed by atoms with Crippen molar-refractivity contribution < 1.29 is 0 Å². The van der Waals surface area contributed by atoms with Gasteiger partial charge in [0.25, 0.3) is 0 Å². The fourth-order valence-corrected chi connectivity index (χ4v) is 0.970. The molecule has 0 aliphatic rings. The second-order valence-electron chi connectivity index (χ2n) is 4.65. The smallest absolute Gasteiger partial charge is 0.134 e. The molecule has 2 nitrogen and oxygen atoms in total. The molecule has 2 heteroatoms. The van der Waals surface area contributed by atoms with Crippen molar-refractivity contribution in [3.05, 3.63) is 23.8 Å². The minimum Gasteiger partial charge on any atom is -0.237 e. The van der Waals surface area contributed by atoms with Crippen LogP contribution in [0.25, 0.3) is 0 Å². The second-order valence-corrected chi connectivity index (χ2v) is 4.65. The van der Waals surface area contributed by atoms with E-state index in [2.05, 4.69) is 50.8 Å². The second kappa shape index (κ2) is 3.44. The first-order valence-electron chi connectivity index (χ1n) is 4.67. The van der Waals surface area contributed by atoms with Crippen LogP contribution in [-0.4, -0.2) is 9.97 Å². The van der Waals surface area contributed by atoms with E-state index in [1.165, 1.54) is 0 Å². The van der Waals surface area contributed by atoms with E-state index >= 15 is 0 Å². The van der Waals surface area contributed by atoms with Gasteiger partial charge in [0.15, 0.2) is 0 Å². The summed E-state index contributed by atoms with van der Waals surface area (Å²) in [4.78, 5) is 8.66.